The fraction of sp³-hybridized carbons (Fsp3) is 0.308. The van der Waals surface area contributed by atoms with E-state index >= 15 is 0 Å². The molecule has 8 nitrogen and oxygen atoms in total. The number of benzene rings is 1. The lowest BCUT2D eigenvalue weighted by atomic mass is 10.2. The molecule has 0 spiro atoms. The molecule has 0 radical (unpaired) electrons. The van der Waals surface area contributed by atoms with E-state index in [9.17, 15) is 14.4 Å². The molecule has 0 saturated heterocycles. The fourth-order valence-electron chi connectivity index (χ4n) is 1.32. The molecule has 3 amide bonds. The van der Waals surface area contributed by atoms with Crippen molar-refractivity contribution in [2.24, 2.45) is 0 Å². The lowest BCUT2D eigenvalue weighted by Gasteiger charge is -2.08. The van der Waals surface area contributed by atoms with Crippen LogP contribution in [0, 0.1) is 0 Å². The maximum absolute atomic E-state index is 11.3. The number of alkyl carbamates (subject to hydrolysis) is 1. The third-order valence-electron chi connectivity index (χ3n) is 2.27. The van der Waals surface area contributed by atoms with E-state index in [1.54, 1.807) is 0 Å². The predicted molar refractivity (Wildman–Crippen MR) is 72.8 cm³/mol. The van der Waals surface area contributed by atoms with Crippen LogP contribution in [0.5, 0.6) is 0 Å². The maximum Gasteiger partial charge on any atom is 0.407 e. The van der Waals surface area contributed by atoms with Gasteiger partial charge in [-0.3, -0.25) is 14.4 Å². The Balaban J connectivity index is 2.15. The summed E-state index contributed by atoms with van der Waals surface area (Å²) in [5, 5.41) is 4.57. The van der Waals surface area contributed by atoms with Crippen LogP contribution >= 0.6 is 0 Å². The van der Waals surface area contributed by atoms with Gasteiger partial charge in [-0.1, -0.05) is 30.3 Å². The topological polar surface area (TPSA) is 106 Å². The minimum absolute atomic E-state index is 0.116. The summed E-state index contributed by atoms with van der Waals surface area (Å²) in [6, 6.07) is 9.14. The zero-order valence-corrected chi connectivity index (χ0v) is 11.5. The zero-order valence-electron chi connectivity index (χ0n) is 11.5. The number of carbonyl (C=O) groups excluding carboxylic acids is 3. The molecule has 21 heavy (non-hydrogen) atoms. The monoisotopic (exact) mass is 295 g/mol. The van der Waals surface area contributed by atoms with Gasteiger partial charge >= 0.3 is 6.09 Å². The highest BCUT2D eigenvalue weighted by molar-refractivity contribution is 5.86. The quantitative estimate of drug-likeness (QED) is 0.599. The second-order valence-corrected chi connectivity index (χ2v) is 3.92. The number of hydroxylamine groups is 1. The third kappa shape index (κ3) is 7.53. The van der Waals surface area contributed by atoms with Gasteiger partial charge in [-0.2, -0.15) is 0 Å². The minimum atomic E-state index is -0.713. The number of rotatable bonds is 7. The van der Waals surface area contributed by atoms with E-state index < -0.39 is 17.9 Å². The average molecular weight is 295 g/mol. The lowest BCUT2D eigenvalue weighted by Crippen LogP contribution is -2.41. The molecule has 0 fully saturated rings. The average Bonchev–Trinajstić information content (AvgIpc) is 2.50. The molecule has 1 rings (SSSR count). The molecule has 3 N–H and O–H groups in total. The van der Waals surface area contributed by atoms with Gasteiger partial charge in [-0.15, -0.1) is 0 Å². The summed E-state index contributed by atoms with van der Waals surface area (Å²) >= 11 is 0. The molecule has 0 atom stereocenters. The standard InChI is InChI=1S/C13H17N3O5/c1-20-16-12(18)8-14-11(17)7-15-13(19)21-9-10-5-3-2-4-6-10/h2-6H,7-9H2,1H3,(H,14,17)(H,15,19)(H,16,18). The van der Waals surface area contributed by atoms with Crippen molar-refractivity contribution < 1.29 is 24.0 Å². The molecular weight excluding hydrogens is 278 g/mol. The van der Waals surface area contributed by atoms with E-state index in [-0.39, 0.29) is 19.7 Å². The highest BCUT2D eigenvalue weighted by Gasteiger charge is 2.08. The Kier molecular flexibility index (Phi) is 7.30. The van der Waals surface area contributed by atoms with E-state index in [0.29, 0.717) is 0 Å². The van der Waals surface area contributed by atoms with Crippen molar-refractivity contribution in [3.05, 3.63) is 35.9 Å². The van der Waals surface area contributed by atoms with Crippen molar-refractivity contribution in [1.82, 2.24) is 16.1 Å². The molecule has 0 aliphatic heterocycles. The Morgan fingerprint density at radius 3 is 2.33 bits per heavy atom. The number of nitrogens with one attached hydrogen (secondary N) is 3. The predicted octanol–water partition coefficient (Wildman–Crippen LogP) is -0.293. The normalized spacial score (nSPS) is 9.57. The van der Waals surface area contributed by atoms with Crippen LogP contribution in [0.25, 0.3) is 0 Å². The smallest absolute Gasteiger partial charge is 0.407 e. The summed E-state index contributed by atoms with van der Waals surface area (Å²) in [5.41, 5.74) is 2.88. The molecule has 0 heterocycles. The first kappa shape index (κ1) is 16.4. The first-order chi connectivity index (χ1) is 10.1. The SMILES string of the molecule is CONC(=O)CNC(=O)CNC(=O)OCc1ccccc1. The Bertz CT molecular complexity index is 478. The maximum atomic E-state index is 11.3. The van der Waals surface area contributed by atoms with Gasteiger partial charge in [-0.05, 0) is 5.56 Å². The second-order valence-electron chi connectivity index (χ2n) is 3.92. The van der Waals surface area contributed by atoms with Crippen LogP contribution in [0.3, 0.4) is 0 Å². The fourth-order valence-corrected chi connectivity index (χ4v) is 1.32. The van der Waals surface area contributed by atoms with Gasteiger partial charge in [0.1, 0.15) is 13.2 Å². The molecule has 114 valence electrons. The molecule has 1 aromatic rings. The van der Waals surface area contributed by atoms with Crippen LogP contribution in [-0.4, -0.2) is 38.1 Å². The van der Waals surface area contributed by atoms with Gasteiger partial charge < -0.3 is 15.4 Å². The van der Waals surface area contributed by atoms with Crippen molar-refractivity contribution >= 4 is 17.9 Å². The van der Waals surface area contributed by atoms with E-state index in [2.05, 4.69) is 15.5 Å². The summed E-state index contributed by atoms with van der Waals surface area (Å²) in [7, 11) is 1.28. The van der Waals surface area contributed by atoms with E-state index in [1.165, 1.54) is 7.11 Å². The Hall–Kier alpha value is -2.61. The first-order valence-corrected chi connectivity index (χ1v) is 6.15. The number of hydrogen-bond acceptors (Lipinski definition) is 5. The summed E-state index contributed by atoms with van der Waals surface area (Å²) in [4.78, 5) is 38.0. The minimum Gasteiger partial charge on any atom is -0.445 e. The van der Waals surface area contributed by atoms with Crippen molar-refractivity contribution in [1.29, 1.82) is 0 Å². The third-order valence-corrected chi connectivity index (χ3v) is 2.27. The molecule has 0 bridgehead atoms. The number of hydrogen-bond donors (Lipinski definition) is 3. The Morgan fingerprint density at radius 2 is 1.67 bits per heavy atom. The van der Waals surface area contributed by atoms with E-state index in [4.69, 9.17) is 4.74 Å². The summed E-state index contributed by atoms with van der Waals surface area (Å²) in [5.74, 6) is -1.02. The van der Waals surface area contributed by atoms with E-state index in [1.807, 2.05) is 35.8 Å². The Labute approximate surface area is 121 Å². The molecular formula is C13H17N3O5. The molecule has 0 aliphatic rings. The summed E-state index contributed by atoms with van der Waals surface area (Å²) in [6.07, 6.45) is -0.713. The van der Waals surface area contributed by atoms with Crippen LogP contribution in [0.15, 0.2) is 30.3 Å². The van der Waals surface area contributed by atoms with Crippen LogP contribution in [0.2, 0.25) is 0 Å². The van der Waals surface area contributed by atoms with Crippen molar-refractivity contribution in [2.45, 2.75) is 6.61 Å². The highest BCUT2D eigenvalue weighted by Crippen LogP contribution is 2.00. The van der Waals surface area contributed by atoms with Crippen LogP contribution in [-0.2, 0) is 25.8 Å². The van der Waals surface area contributed by atoms with Gasteiger partial charge in [0.2, 0.25) is 5.91 Å². The summed E-state index contributed by atoms with van der Waals surface area (Å²) < 4.78 is 4.91. The van der Waals surface area contributed by atoms with Gasteiger partial charge in [0.05, 0.1) is 13.7 Å². The number of carbonyl (C=O) groups is 3. The lowest BCUT2D eigenvalue weighted by molar-refractivity contribution is -0.132. The zero-order chi connectivity index (χ0) is 15.5. The molecule has 1 aromatic carbocycles. The van der Waals surface area contributed by atoms with Gasteiger partial charge in [-0.25, -0.2) is 10.3 Å². The van der Waals surface area contributed by atoms with Gasteiger partial charge in [0.25, 0.3) is 5.91 Å². The number of ether oxygens (including phenoxy) is 1. The van der Waals surface area contributed by atoms with Crippen molar-refractivity contribution in [2.75, 3.05) is 20.2 Å². The Morgan fingerprint density at radius 1 is 1.00 bits per heavy atom. The molecule has 8 heteroatoms. The second kappa shape index (κ2) is 9.32. The van der Waals surface area contributed by atoms with Crippen molar-refractivity contribution in [3.63, 3.8) is 0 Å². The molecule has 0 aliphatic carbocycles. The number of amides is 3. The van der Waals surface area contributed by atoms with Gasteiger partial charge in [0.15, 0.2) is 0 Å². The van der Waals surface area contributed by atoms with E-state index in [0.717, 1.165) is 5.56 Å². The van der Waals surface area contributed by atoms with Crippen LogP contribution < -0.4 is 16.1 Å². The van der Waals surface area contributed by atoms with Gasteiger partial charge in [0, 0.05) is 0 Å². The molecule has 0 saturated carbocycles. The highest BCUT2D eigenvalue weighted by atomic mass is 16.6. The molecule has 0 unspecified atom stereocenters. The van der Waals surface area contributed by atoms with Crippen LogP contribution in [0.4, 0.5) is 4.79 Å². The first-order valence-electron chi connectivity index (χ1n) is 6.15. The molecule has 0 aromatic heterocycles. The van der Waals surface area contributed by atoms with Crippen LogP contribution in [0.1, 0.15) is 5.56 Å². The largest absolute Gasteiger partial charge is 0.445 e. The van der Waals surface area contributed by atoms with Crippen molar-refractivity contribution in [3.8, 4) is 0 Å². The summed E-state index contributed by atoms with van der Waals surface area (Å²) in [6.45, 7) is -0.411.